The minimum absolute atomic E-state index is 0. The average Bonchev–Trinajstić information content (AvgIpc) is 2.70. The molecule has 2 aliphatic rings. The number of piperidine rings is 1. The molecule has 0 unspecified atom stereocenters. The lowest BCUT2D eigenvalue weighted by Crippen LogP contribution is -2.57. The van der Waals surface area contributed by atoms with Gasteiger partial charge in [-0.3, -0.25) is 14.5 Å². The van der Waals surface area contributed by atoms with Gasteiger partial charge in [-0.1, -0.05) is 12.1 Å². The van der Waals surface area contributed by atoms with Gasteiger partial charge in [-0.15, -0.1) is 24.8 Å². The SMILES string of the molecule is CN(CC(=O)Oc1ccccc1NC=O)N1CCN(C2CCNCC2)CC1.Cl.Cl. The van der Waals surface area contributed by atoms with Gasteiger partial charge in [0, 0.05) is 39.3 Å². The van der Waals surface area contributed by atoms with E-state index in [-0.39, 0.29) is 37.3 Å². The number of carbonyl (C=O) groups is 2. The van der Waals surface area contributed by atoms with Crippen molar-refractivity contribution in [1.82, 2.24) is 20.2 Å². The molecule has 29 heavy (non-hydrogen) atoms. The molecule has 2 N–H and O–H groups in total. The summed E-state index contributed by atoms with van der Waals surface area (Å²) in [5.41, 5.74) is 0.485. The largest absolute Gasteiger partial charge is 0.423 e. The number of halogens is 2. The van der Waals surface area contributed by atoms with Crippen LogP contribution in [0.5, 0.6) is 5.75 Å². The minimum atomic E-state index is -0.349. The number of benzene rings is 1. The quantitative estimate of drug-likeness (QED) is 0.369. The van der Waals surface area contributed by atoms with Crippen molar-refractivity contribution in [1.29, 1.82) is 0 Å². The summed E-state index contributed by atoms with van der Waals surface area (Å²) in [6.07, 6.45) is 3.01. The van der Waals surface area contributed by atoms with E-state index in [0.29, 0.717) is 23.9 Å². The summed E-state index contributed by atoms with van der Waals surface area (Å²) >= 11 is 0. The number of carbonyl (C=O) groups excluding carboxylic acids is 2. The van der Waals surface area contributed by atoms with Gasteiger partial charge in [0.15, 0.2) is 5.75 Å². The van der Waals surface area contributed by atoms with Gasteiger partial charge in [-0.2, -0.15) is 0 Å². The molecule has 8 nitrogen and oxygen atoms in total. The molecule has 0 bridgehead atoms. The number of likely N-dealkylation sites (N-methyl/N-ethyl adjacent to an activating group) is 1. The predicted molar refractivity (Wildman–Crippen MR) is 118 cm³/mol. The smallest absolute Gasteiger partial charge is 0.327 e. The molecule has 2 fully saturated rings. The first-order valence-electron chi connectivity index (χ1n) is 9.58. The Morgan fingerprint density at radius 2 is 1.86 bits per heavy atom. The molecule has 10 heteroatoms. The van der Waals surface area contributed by atoms with Gasteiger partial charge in [-0.05, 0) is 38.1 Å². The lowest BCUT2D eigenvalue weighted by molar-refractivity contribution is -0.141. The first-order valence-corrected chi connectivity index (χ1v) is 9.58. The molecule has 2 saturated heterocycles. The fraction of sp³-hybridized carbons (Fsp3) is 0.579. The second-order valence-corrected chi connectivity index (χ2v) is 7.02. The summed E-state index contributed by atoms with van der Waals surface area (Å²) in [4.78, 5) is 25.5. The van der Waals surface area contributed by atoms with E-state index in [2.05, 4.69) is 20.5 Å². The van der Waals surface area contributed by atoms with Crippen LogP contribution in [0.15, 0.2) is 24.3 Å². The number of nitrogens with zero attached hydrogens (tertiary/aromatic N) is 3. The number of rotatable bonds is 7. The van der Waals surface area contributed by atoms with Gasteiger partial charge in [0.05, 0.1) is 5.69 Å². The van der Waals surface area contributed by atoms with Crippen molar-refractivity contribution in [2.24, 2.45) is 0 Å². The summed E-state index contributed by atoms with van der Waals surface area (Å²) in [5.74, 6) is 0.0113. The molecule has 2 heterocycles. The van der Waals surface area contributed by atoms with Gasteiger partial charge in [0.2, 0.25) is 6.41 Å². The maximum Gasteiger partial charge on any atom is 0.327 e. The molecule has 0 saturated carbocycles. The van der Waals surface area contributed by atoms with Crippen LogP contribution < -0.4 is 15.4 Å². The standard InChI is InChI=1S/C19H29N5O3.2ClH/c1-22(14-19(26)27-18-5-3-2-4-17(18)21-15-25)24-12-10-23(11-13-24)16-6-8-20-9-7-16;;/h2-5,15-16,20H,6-14H2,1H3,(H,21,25);2*1H. The fourth-order valence-electron chi connectivity index (χ4n) is 3.77. The Labute approximate surface area is 184 Å². The highest BCUT2D eigenvalue weighted by atomic mass is 35.5. The Balaban J connectivity index is 0.00000210. The molecule has 1 amide bonds. The third-order valence-corrected chi connectivity index (χ3v) is 5.28. The third kappa shape index (κ3) is 7.40. The van der Waals surface area contributed by atoms with Crippen LogP contribution in [0.2, 0.25) is 0 Å². The molecule has 164 valence electrons. The Bertz CT molecular complexity index is 638. The number of para-hydroxylation sites is 2. The molecular weight excluding hydrogens is 417 g/mol. The van der Waals surface area contributed by atoms with Crippen LogP contribution in [-0.4, -0.2) is 86.2 Å². The number of hydrogen-bond donors (Lipinski definition) is 2. The summed E-state index contributed by atoms with van der Waals surface area (Å²) in [6, 6.07) is 7.59. The van der Waals surface area contributed by atoms with Crippen LogP contribution in [0.3, 0.4) is 0 Å². The molecule has 2 aliphatic heterocycles. The van der Waals surface area contributed by atoms with Crippen LogP contribution >= 0.6 is 24.8 Å². The van der Waals surface area contributed by atoms with Crippen molar-refractivity contribution >= 4 is 42.9 Å². The highest BCUT2D eigenvalue weighted by Crippen LogP contribution is 2.23. The van der Waals surface area contributed by atoms with Crippen LogP contribution in [0.4, 0.5) is 5.69 Å². The maximum atomic E-state index is 12.3. The first-order chi connectivity index (χ1) is 13.2. The zero-order valence-electron chi connectivity index (χ0n) is 16.7. The lowest BCUT2D eigenvalue weighted by atomic mass is 10.0. The molecule has 1 aromatic carbocycles. The van der Waals surface area contributed by atoms with Crippen LogP contribution in [-0.2, 0) is 9.59 Å². The minimum Gasteiger partial charge on any atom is -0.423 e. The van der Waals surface area contributed by atoms with E-state index >= 15 is 0 Å². The van der Waals surface area contributed by atoms with E-state index in [4.69, 9.17) is 4.74 Å². The van der Waals surface area contributed by atoms with Crippen molar-refractivity contribution in [3.05, 3.63) is 24.3 Å². The molecule has 0 aromatic heterocycles. The van der Waals surface area contributed by atoms with E-state index in [1.54, 1.807) is 24.3 Å². The normalized spacial score (nSPS) is 18.4. The number of hydrogen-bond acceptors (Lipinski definition) is 7. The molecule has 0 spiro atoms. The fourth-order valence-corrected chi connectivity index (χ4v) is 3.77. The van der Waals surface area contributed by atoms with Crippen molar-refractivity contribution in [3.63, 3.8) is 0 Å². The molecule has 1 aromatic rings. The van der Waals surface area contributed by atoms with Gasteiger partial charge >= 0.3 is 5.97 Å². The third-order valence-electron chi connectivity index (χ3n) is 5.28. The van der Waals surface area contributed by atoms with E-state index in [1.165, 1.54) is 12.8 Å². The summed E-state index contributed by atoms with van der Waals surface area (Å²) < 4.78 is 5.43. The van der Waals surface area contributed by atoms with Crippen molar-refractivity contribution in [2.75, 3.05) is 58.2 Å². The van der Waals surface area contributed by atoms with E-state index in [9.17, 15) is 9.59 Å². The number of hydrazine groups is 1. The molecular formula is C19H31Cl2N5O3. The second kappa shape index (κ2) is 13.0. The Kier molecular flexibility index (Phi) is 11.5. The maximum absolute atomic E-state index is 12.3. The van der Waals surface area contributed by atoms with Gasteiger partial charge in [0.25, 0.3) is 0 Å². The van der Waals surface area contributed by atoms with E-state index in [1.807, 2.05) is 12.1 Å². The molecule has 0 aliphatic carbocycles. The van der Waals surface area contributed by atoms with E-state index < -0.39 is 0 Å². The van der Waals surface area contributed by atoms with Gasteiger partial charge in [0.1, 0.15) is 6.54 Å². The number of amides is 1. The van der Waals surface area contributed by atoms with Crippen molar-refractivity contribution in [3.8, 4) is 5.75 Å². The number of ether oxygens (including phenoxy) is 1. The Morgan fingerprint density at radius 1 is 1.21 bits per heavy atom. The summed E-state index contributed by atoms with van der Waals surface area (Å²) in [7, 11) is 1.91. The highest BCUT2D eigenvalue weighted by Gasteiger charge is 2.27. The number of anilines is 1. The highest BCUT2D eigenvalue weighted by molar-refractivity contribution is 5.85. The zero-order valence-corrected chi connectivity index (χ0v) is 18.3. The summed E-state index contributed by atoms with van der Waals surface area (Å²) in [5, 5.41) is 10.1. The topological polar surface area (TPSA) is 77.2 Å². The molecule has 3 rings (SSSR count). The Hall–Kier alpha value is -1.42. The van der Waals surface area contributed by atoms with E-state index in [0.717, 1.165) is 39.3 Å². The monoisotopic (exact) mass is 447 g/mol. The average molecular weight is 448 g/mol. The van der Waals surface area contributed by atoms with Crippen LogP contribution in [0.25, 0.3) is 0 Å². The zero-order chi connectivity index (χ0) is 19.1. The first kappa shape index (κ1) is 25.6. The lowest BCUT2D eigenvalue weighted by Gasteiger charge is -2.43. The molecule has 0 radical (unpaired) electrons. The van der Waals surface area contributed by atoms with Crippen LogP contribution in [0.1, 0.15) is 12.8 Å². The Morgan fingerprint density at radius 3 is 2.52 bits per heavy atom. The predicted octanol–water partition coefficient (Wildman–Crippen LogP) is 1.22. The van der Waals surface area contributed by atoms with Gasteiger partial charge < -0.3 is 15.4 Å². The van der Waals surface area contributed by atoms with Crippen molar-refractivity contribution < 1.29 is 14.3 Å². The van der Waals surface area contributed by atoms with Gasteiger partial charge in [-0.25, -0.2) is 10.0 Å². The van der Waals surface area contributed by atoms with Crippen LogP contribution in [0, 0.1) is 0 Å². The number of esters is 1. The number of piperazine rings is 1. The second-order valence-electron chi connectivity index (χ2n) is 7.02. The van der Waals surface area contributed by atoms with Crippen molar-refractivity contribution in [2.45, 2.75) is 18.9 Å². The molecule has 0 atom stereocenters. The summed E-state index contributed by atoms with van der Waals surface area (Å²) in [6.45, 7) is 6.26. The number of nitrogens with one attached hydrogen (secondary N) is 2.